The maximum absolute atomic E-state index is 5.85. The molecule has 3 rings (SSSR count). The summed E-state index contributed by atoms with van der Waals surface area (Å²) in [6, 6.07) is 18.1. The Kier molecular flexibility index (Phi) is 4.88. The molecule has 0 atom stereocenters. The lowest BCUT2D eigenvalue weighted by Gasteiger charge is -2.09. The molecule has 0 aliphatic heterocycles. The maximum atomic E-state index is 5.85. The average Bonchev–Trinajstić information content (AvgIpc) is 2.96. The van der Waals surface area contributed by atoms with Crippen molar-refractivity contribution in [3.8, 4) is 11.4 Å². The maximum Gasteiger partial charge on any atom is 0.199 e. The monoisotopic (exact) mass is 325 g/mol. The number of rotatable bonds is 6. The second-order valence-electron chi connectivity index (χ2n) is 5.30. The Morgan fingerprint density at radius 2 is 1.83 bits per heavy atom. The fourth-order valence-corrected chi connectivity index (χ4v) is 2.72. The number of H-pyrrole nitrogens is 1. The Morgan fingerprint density at radius 3 is 2.52 bits per heavy atom. The topological polar surface area (TPSA) is 42.8 Å². The van der Waals surface area contributed by atoms with Gasteiger partial charge in [-0.2, -0.15) is 5.10 Å². The van der Waals surface area contributed by atoms with Crippen LogP contribution in [0.25, 0.3) is 5.69 Å². The molecule has 0 spiro atoms. The van der Waals surface area contributed by atoms with E-state index in [0.717, 1.165) is 30.1 Å². The summed E-state index contributed by atoms with van der Waals surface area (Å²) in [4.78, 5) is 0. The third-order valence-electron chi connectivity index (χ3n) is 3.59. The van der Waals surface area contributed by atoms with Crippen LogP contribution >= 0.6 is 12.2 Å². The first kappa shape index (κ1) is 15.5. The molecule has 0 aliphatic rings. The molecule has 0 amide bonds. The van der Waals surface area contributed by atoms with Gasteiger partial charge >= 0.3 is 0 Å². The van der Waals surface area contributed by atoms with Gasteiger partial charge < -0.3 is 4.74 Å². The molecule has 0 saturated heterocycles. The first-order valence-electron chi connectivity index (χ1n) is 7.71. The highest BCUT2D eigenvalue weighted by Crippen LogP contribution is 2.16. The van der Waals surface area contributed by atoms with Gasteiger partial charge in [0.05, 0.1) is 0 Å². The largest absolute Gasteiger partial charge is 0.486 e. The Bertz CT molecular complexity index is 806. The third kappa shape index (κ3) is 3.68. The Labute approximate surface area is 140 Å². The van der Waals surface area contributed by atoms with Crippen LogP contribution in [-0.2, 0) is 13.0 Å². The van der Waals surface area contributed by atoms with Crippen LogP contribution in [0.3, 0.4) is 0 Å². The number of aryl methyl sites for hydroxylation is 1. The number of nitrogens with one attached hydrogen (secondary N) is 1. The minimum absolute atomic E-state index is 0.356. The normalized spacial score (nSPS) is 10.7. The first-order valence-corrected chi connectivity index (χ1v) is 8.12. The van der Waals surface area contributed by atoms with Gasteiger partial charge in [0.2, 0.25) is 0 Å². The highest BCUT2D eigenvalue weighted by molar-refractivity contribution is 7.71. The van der Waals surface area contributed by atoms with Crippen molar-refractivity contribution < 1.29 is 4.74 Å². The summed E-state index contributed by atoms with van der Waals surface area (Å²) in [5.41, 5.74) is 2.30. The van der Waals surface area contributed by atoms with E-state index in [1.54, 1.807) is 0 Å². The van der Waals surface area contributed by atoms with E-state index in [1.807, 2.05) is 47.0 Å². The van der Waals surface area contributed by atoms with Gasteiger partial charge in [-0.05, 0) is 48.5 Å². The molecule has 1 N–H and O–H groups in total. The van der Waals surface area contributed by atoms with E-state index in [-0.39, 0.29) is 0 Å². The van der Waals surface area contributed by atoms with E-state index < -0.39 is 0 Å². The number of benzene rings is 2. The highest BCUT2D eigenvalue weighted by atomic mass is 32.1. The smallest absolute Gasteiger partial charge is 0.199 e. The molecule has 118 valence electrons. The molecule has 0 bridgehead atoms. The lowest BCUT2D eigenvalue weighted by atomic mass is 10.1. The molecule has 2 aromatic carbocycles. The van der Waals surface area contributed by atoms with E-state index in [1.165, 1.54) is 5.56 Å². The summed E-state index contributed by atoms with van der Waals surface area (Å²) in [5, 5.41) is 7.11. The molecule has 3 aromatic rings. The molecule has 0 fully saturated rings. The number of ether oxygens (including phenoxy) is 1. The minimum atomic E-state index is 0.356. The Morgan fingerprint density at radius 1 is 1.09 bits per heavy atom. The van der Waals surface area contributed by atoms with Crippen molar-refractivity contribution in [3.05, 3.63) is 70.8 Å². The molecule has 0 unspecified atom stereocenters. The zero-order valence-electron chi connectivity index (χ0n) is 13.0. The van der Waals surface area contributed by atoms with Crippen LogP contribution in [0.2, 0.25) is 0 Å². The summed E-state index contributed by atoms with van der Waals surface area (Å²) in [6.45, 7) is 2.53. The Balaban J connectivity index is 1.75. The minimum Gasteiger partial charge on any atom is -0.486 e. The van der Waals surface area contributed by atoms with Gasteiger partial charge in [0.15, 0.2) is 10.6 Å². The van der Waals surface area contributed by atoms with Crippen molar-refractivity contribution in [2.75, 3.05) is 0 Å². The molecule has 23 heavy (non-hydrogen) atoms. The summed E-state index contributed by atoms with van der Waals surface area (Å²) in [6.07, 6.45) is 2.24. The molecule has 0 aliphatic carbocycles. The van der Waals surface area contributed by atoms with Crippen molar-refractivity contribution in [1.29, 1.82) is 0 Å². The number of hydrogen-bond acceptors (Lipinski definition) is 3. The second kappa shape index (κ2) is 7.24. The van der Waals surface area contributed by atoms with Crippen molar-refractivity contribution in [2.24, 2.45) is 0 Å². The predicted octanol–water partition coefficient (Wildman–Crippen LogP) is 4.46. The average molecular weight is 325 g/mol. The van der Waals surface area contributed by atoms with Crippen molar-refractivity contribution in [2.45, 2.75) is 26.4 Å². The first-order chi connectivity index (χ1) is 11.3. The Hall–Kier alpha value is -2.40. The molecule has 1 aromatic heterocycles. The fourth-order valence-electron chi connectivity index (χ4n) is 2.46. The molecule has 4 nitrogen and oxygen atoms in total. The van der Waals surface area contributed by atoms with Gasteiger partial charge in [-0.3, -0.25) is 9.67 Å². The number of hydrogen-bond donors (Lipinski definition) is 1. The van der Waals surface area contributed by atoms with Crippen LogP contribution in [0, 0.1) is 4.77 Å². The SMILES string of the molecule is CCCc1ccc(OCc2n[nH]c(=S)n2-c2ccccc2)cc1. The summed E-state index contributed by atoms with van der Waals surface area (Å²) in [5.74, 6) is 1.58. The third-order valence-corrected chi connectivity index (χ3v) is 3.86. The zero-order valence-corrected chi connectivity index (χ0v) is 13.8. The van der Waals surface area contributed by atoms with Crippen molar-refractivity contribution >= 4 is 12.2 Å². The summed E-state index contributed by atoms with van der Waals surface area (Å²) in [7, 11) is 0. The quantitative estimate of drug-likeness (QED) is 0.680. The van der Waals surface area contributed by atoms with Crippen LogP contribution in [0.1, 0.15) is 24.7 Å². The van der Waals surface area contributed by atoms with Crippen LogP contribution in [0.4, 0.5) is 0 Å². The summed E-state index contributed by atoms with van der Waals surface area (Å²) < 4.78 is 8.30. The van der Waals surface area contributed by atoms with Gasteiger partial charge in [-0.25, -0.2) is 0 Å². The van der Waals surface area contributed by atoms with Gasteiger partial charge in [0.25, 0.3) is 0 Å². The van der Waals surface area contributed by atoms with Gasteiger partial charge in [-0.15, -0.1) is 0 Å². The number of aromatic amines is 1. The van der Waals surface area contributed by atoms with Gasteiger partial charge in [0.1, 0.15) is 12.4 Å². The van der Waals surface area contributed by atoms with E-state index in [4.69, 9.17) is 17.0 Å². The van der Waals surface area contributed by atoms with E-state index in [0.29, 0.717) is 11.4 Å². The van der Waals surface area contributed by atoms with E-state index in [2.05, 4.69) is 29.3 Å². The predicted molar refractivity (Wildman–Crippen MR) is 93.5 cm³/mol. The zero-order chi connectivity index (χ0) is 16.1. The number of aromatic nitrogens is 3. The number of para-hydroxylation sites is 1. The molecule has 0 saturated carbocycles. The molecule has 0 radical (unpaired) electrons. The second-order valence-corrected chi connectivity index (χ2v) is 5.69. The molecule has 1 heterocycles. The highest BCUT2D eigenvalue weighted by Gasteiger charge is 2.08. The molecular formula is C18H19N3OS. The fraction of sp³-hybridized carbons (Fsp3) is 0.222. The van der Waals surface area contributed by atoms with Crippen molar-refractivity contribution in [1.82, 2.24) is 14.8 Å². The van der Waals surface area contributed by atoms with Crippen LogP contribution < -0.4 is 4.74 Å². The van der Waals surface area contributed by atoms with Gasteiger partial charge in [-0.1, -0.05) is 43.7 Å². The van der Waals surface area contributed by atoms with E-state index in [9.17, 15) is 0 Å². The van der Waals surface area contributed by atoms with E-state index >= 15 is 0 Å². The lowest BCUT2D eigenvalue weighted by Crippen LogP contribution is -2.05. The lowest BCUT2D eigenvalue weighted by molar-refractivity contribution is 0.293. The standard InChI is InChI=1S/C18H19N3OS/c1-2-6-14-9-11-16(12-10-14)22-13-17-19-20-18(23)21(17)15-7-4-3-5-8-15/h3-5,7-12H,2,6,13H2,1H3,(H,20,23). The van der Waals surface area contributed by atoms with Crippen LogP contribution in [-0.4, -0.2) is 14.8 Å². The summed E-state index contributed by atoms with van der Waals surface area (Å²) >= 11 is 5.32. The van der Waals surface area contributed by atoms with Crippen LogP contribution in [0.5, 0.6) is 5.75 Å². The van der Waals surface area contributed by atoms with Gasteiger partial charge in [0, 0.05) is 5.69 Å². The van der Waals surface area contributed by atoms with Crippen molar-refractivity contribution in [3.63, 3.8) is 0 Å². The number of nitrogens with zero attached hydrogens (tertiary/aromatic N) is 2. The molecule has 5 heteroatoms. The van der Waals surface area contributed by atoms with Crippen LogP contribution in [0.15, 0.2) is 54.6 Å². The molecular weight excluding hydrogens is 306 g/mol.